The molecule has 8 heteroatoms. The molecular formula is C14H11BrN6O. The number of hydrogen-bond donors (Lipinski definition) is 1. The number of aromatic nitrogens is 5. The summed E-state index contributed by atoms with van der Waals surface area (Å²) in [6, 6.07) is 0.111. The SMILES string of the molecule is Nc1nonc1-c1nc2cncc(Br)c2n1C1C=CC=CC1. The van der Waals surface area contributed by atoms with Crippen LogP contribution in [0.25, 0.3) is 22.6 Å². The van der Waals surface area contributed by atoms with Crippen LogP contribution in [-0.2, 0) is 0 Å². The summed E-state index contributed by atoms with van der Waals surface area (Å²) in [6.07, 6.45) is 12.6. The molecule has 0 fully saturated rings. The molecule has 3 heterocycles. The fourth-order valence-corrected chi connectivity index (χ4v) is 3.12. The molecule has 2 N–H and O–H groups in total. The summed E-state index contributed by atoms with van der Waals surface area (Å²) in [5.74, 6) is 0.836. The maximum atomic E-state index is 5.85. The molecule has 0 saturated carbocycles. The molecule has 0 aliphatic heterocycles. The third-order valence-corrected chi connectivity index (χ3v) is 4.14. The van der Waals surface area contributed by atoms with Crippen LogP contribution in [0.5, 0.6) is 0 Å². The lowest BCUT2D eigenvalue weighted by molar-refractivity contribution is 0.310. The second-order valence-electron chi connectivity index (χ2n) is 4.91. The Morgan fingerprint density at radius 3 is 2.91 bits per heavy atom. The normalized spacial score (nSPS) is 17.4. The Balaban J connectivity index is 2.04. The van der Waals surface area contributed by atoms with Gasteiger partial charge in [0.2, 0.25) is 0 Å². The summed E-state index contributed by atoms with van der Waals surface area (Å²) in [4.78, 5) is 8.79. The molecule has 1 atom stereocenters. The summed E-state index contributed by atoms with van der Waals surface area (Å²) < 4.78 is 7.67. The van der Waals surface area contributed by atoms with E-state index in [9.17, 15) is 0 Å². The highest BCUT2D eigenvalue weighted by Gasteiger charge is 2.24. The van der Waals surface area contributed by atoms with Crippen molar-refractivity contribution >= 4 is 32.8 Å². The molecule has 0 bridgehead atoms. The molecule has 1 unspecified atom stereocenters. The van der Waals surface area contributed by atoms with Crippen molar-refractivity contribution in [3.63, 3.8) is 0 Å². The fraction of sp³-hybridized carbons (Fsp3) is 0.143. The molecule has 0 aromatic carbocycles. The van der Waals surface area contributed by atoms with Crippen LogP contribution in [0.3, 0.4) is 0 Å². The van der Waals surface area contributed by atoms with Crippen molar-refractivity contribution in [1.29, 1.82) is 0 Å². The van der Waals surface area contributed by atoms with E-state index < -0.39 is 0 Å². The van der Waals surface area contributed by atoms with Gasteiger partial charge in [0.1, 0.15) is 5.52 Å². The molecule has 110 valence electrons. The average Bonchev–Trinajstić information content (AvgIpc) is 3.12. The zero-order valence-electron chi connectivity index (χ0n) is 11.3. The predicted molar refractivity (Wildman–Crippen MR) is 84.9 cm³/mol. The van der Waals surface area contributed by atoms with E-state index in [0.29, 0.717) is 11.5 Å². The number of fused-ring (bicyclic) bond motifs is 1. The van der Waals surface area contributed by atoms with Crippen LogP contribution in [0.1, 0.15) is 12.5 Å². The van der Waals surface area contributed by atoms with Crippen LogP contribution < -0.4 is 5.73 Å². The average molecular weight is 359 g/mol. The molecule has 0 radical (unpaired) electrons. The van der Waals surface area contributed by atoms with E-state index in [1.165, 1.54) is 0 Å². The number of nitrogens with zero attached hydrogens (tertiary/aromatic N) is 5. The van der Waals surface area contributed by atoms with Gasteiger partial charge in [-0.2, -0.15) is 0 Å². The first-order valence-electron chi connectivity index (χ1n) is 6.69. The molecule has 0 spiro atoms. The van der Waals surface area contributed by atoms with Crippen molar-refractivity contribution in [3.05, 3.63) is 41.2 Å². The van der Waals surface area contributed by atoms with Gasteiger partial charge in [-0.1, -0.05) is 24.3 Å². The zero-order valence-corrected chi connectivity index (χ0v) is 12.9. The van der Waals surface area contributed by atoms with Gasteiger partial charge in [-0.05, 0) is 32.7 Å². The zero-order chi connectivity index (χ0) is 15.1. The minimum Gasteiger partial charge on any atom is -0.379 e. The monoisotopic (exact) mass is 358 g/mol. The Morgan fingerprint density at radius 2 is 2.18 bits per heavy atom. The second kappa shape index (κ2) is 5.06. The quantitative estimate of drug-likeness (QED) is 0.756. The molecule has 4 rings (SSSR count). The highest BCUT2D eigenvalue weighted by atomic mass is 79.9. The van der Waals surface area contributed by atoms with Crippen molar-refractivity contribution in [2.45, 2.75) is 12.5 Å². The van der Waals surface area contributed by atoms with Crippen LogP contribution in [-0.4, -0.2) is 24.8 Å². The Bertz CT molecular complexity index is 909. The number of nitrogen functional groups attached to an aromatic ring is 1. The number of halogens is 1. The van der Waals surface area contributed by atoms with E-state index in [4.69, 9.17) is 10.4 Å². The van der Waals surface area contributed by atoms with E-state index in [-0.39, 0.29) is 11.9 Å². The number of nitrogens with two attached hydrogens (primary N) is 1. The highest BCUT2D eigenvalue weighted by molar-refractivity contribution is 9.10. The third kappa shape index (κ3) is 1.95. The smallest absolute Gasteiger partial charge is 0.199 e. The molecule has 1 aliphatic rings. The lowest BCUT2D eigenvalue weighted by Gasteiger charge is -2.18. The first kappa shape index (κ1) is 13.2. The van der Waals surface area contributed by atoms with Crippen molar-refractivity contribution in [1.82, 2.24) is 24.8 Å². The van der Waals surface area contributed by atoms with Gasteiger partial charge in [-0.25, -0.2) is 9.61 Å². The van der Waals surface area contributed by atoms with Gasteiger partial charge in [-0.3, -0.25) is 4.98 Å². The van der Waals surface area contributed by atoms with Gasteiger partial charge in [0.05, 0.1) is 22.2 Å². The van der Waals surface area contributed by atoms with E-state index in [0.717, 1.165) is 21.9 Å². The summed E-state index contributed by atoms with van der Waals surface area (Å²) in [5.41, 5.74) is 7.99. The van der Waals surface area contributed by atoms with E-state index >= 15 is 0 Å². The minimum atomic E-state index is 0.111. The number of allylic oxidation sites excluding steroid dienone is 4. The van der Waals surface area contributed by atoms with Crippen molar-refractivity contribution < 1.29 is 4.63 Å². The standard InChI is InChI=1S/C14H11BrN6O/c15-9-6-17-7-10-12(9)21(8-4-2-1-3-5-8)14(18-10)11-13(16)20-22-19-11/h1-4,6-8H,5H2,(H2,16,20). The van der Waals surface area contributed by atoms with Crippen molar-refractivity contribution in [2.24, 2.45) is 0 Å². The van der Waals surface area contributed by atoms with Gasteiger partial charge < -0.3 is 10.3 Å². The molecular weight excluding hydrogens is 348 g/mol. The number of rotatable bonds is 2. The maximum absolute atomic E-state index is 5.85. The van der Waals surface area contributed by atoms with Crippen LogP contribution in [0.4, 0.5) is 5.82 Å². The van der Waals surface area contributed by atoms with E-state index in [2.05, 4.69) is 52.9 Å². The summed E-state index contributed by atoms with van der Waals surface area (Å²) in [6.45, 7) is 0. The molecule has 0 amide bonds. The summed E-state index contributed by atoms with van der Waals surface area (Å²) in [5, 5.41) is 7.55. The molecule has 3 aromatic rings. The van der Waals surface area contributed by atoms with Gasteiger partial charge in [0.25, 0.3) is 0 Å². The van der Waals surface area contributed by atoms with E-state index in [1.54, 1.807) is 12.4 Å². The molecule has 22 heavy (non-hydrogen) atoms. The number of imidazole rings is 1. The predicted octanol–water partition coefficient (Wildman–Crippen LogP) is 2.88. The van der Waals surface area contributed by atoms with Gasteiger partial charge in [0, 0.05) is 6.20 Å². The van der Waals surface area contributed by atoms with Crippen molar-refractivity contribution in [2.75, 3.05) is 5.73 Å². The van der Waals surface area contributed by atoms with Crippen LogP contribution in [0.2, 0.25) is 0 Å². The molecule has 3 aromatic heterocycles. The van der Waals surface area contributed by atoms with Crippen LogP contribution in [0, 0.1) is 0 Å². The second-order valence-corrected chi connectivity index (χ2v) is 5.76. The molecule has 0 saturated heterocycles. The Kier molecular flexibility index (Phi) is 3.04. The van der Waals surface area contributed by atoms with Crippen LogP contribution in [0.15, 0.2) is 45.8 Å². The molecule has 7 nitrogen and oxygen atoms in total. The summed E-state index contributed by atoms with van der Waals surface area (Å²) >= 11 is 3.55. The summed E-state index contributed by atoms with van der Waals surface area (Å²) in [7, 11) is 0. The lowest BCUT2D eigenvalue weighted by atomic mass is 10.1. The van der Waals surface area contributed by atoms with Gasteiger partial charge >= 0.3 is 0 Å². The third-order valence-electron chi connectivity index (χ3n) is 3.56. The van der Waals surface area contributed by atoms with Crippen LogP contribution >= 0.6 is 15.9 Å². The van der Waals surface area contributed by atoms with Gasteiger partial charge in [-0.15, -0.1) is 0 Å². The largest absolute Gasteiger partial charge is 0.379 e. The Morgan fingerprint density at radius 1 is 1.27 bits per heavy atom. The van der Waals surface area contributed by atoms with Gasteiger partial charge in [0.15, 0.2) is 17.3 Å². The lowest BCUT2D eigenvalue weighted by Crippen LogP contribution is -2.10. The first-order valence-corrected chi connectivity index (χ1v) is 7.48. The molecule has 1 aliphatic carbocycles. The fourth-order valence-electron chi connectivity index (χ4n) is 2.61. The maximum Gasteiger partial charge on any atom is 0.199 e. The van der Waals surface area contributed by atoms with Crippen molar-refractivity contribution in [3.8, 4) is 11.5 Å². The van der Waals surface area contributed by atoms with E-state index in [1.807, 2.05) is 12.2 Å². The minimum absolute atomic E-state index is 0.111. The Labute approximate surface area is 133 Å². The highest BCUT2D eigenvalue weighted by Crippen LogP contribution is 2.35. The number of pyridine rings is 1. The number of anilines is 1. The Hall–Kier alpha value is -2.48. The number of hydrogen-bond acceptors (Lipinski definition) is 6. The first-order chi connectivity index (χ1) is 10.8. The topological polar surface area (TPSA) is 95.7 Å².